The molecule has 1 atom stereocenters. The summed E-state index contributed by atoms with van der Waals surface area (Å²) in [5, 5.41) is 18.7. The molecule has 12 nitrogen and oxygen atoms in total. The second-order valence-corrected chi connectivity index (χ2v) is 47.3. The van der Waals surface area contributed by atoms with Crippen molar-refractivity contribution < 1.29 is 149 Å². The summed E-state index contributed by atoms with van der Waals surface area (Å²) >= 11 is 107. The van der Waals surface area contributed by atoms with E-state index in [1.807, 2.05) is 171 Å². The molecule has 2 spiro atoms. The molecule has 2 aliphatic carbocycles. The van der Waals surface area contributed by atoms with Gasteiger partial charge in [-0.05, 0) is 250 Å². The molecule has 149 heavy (non-hydrogen) atoms. The Hall–Kier alpha value is -2.85. The molecule has 0 bridgehead atoms. The van der Waals surface area contributed by atoms with E-state index in [2.05, 4.69) is 0 Å². The molecule has 0 amide bonds. The minimum absolute atomic E-state index is 0. The van der Waals surface area contributed by atoms with Crippen LogP contribution in [0.1, 0.15) is 201 Å². The number of aliphatic hydroxyl groups is 2. The number of benzene rings is 8. The number of fused-ring (bicyclic) bond motifs is 6. The molecule has 0 saturated heterocycles. The first-order valence-electron chi connectivity index (χ1n) is 46.0. The molecule has 0 aromatic heterocycles. The zero-order chi connectivity index (χ0) is 105. The molecule has 2 saturated carbocycles. The maximum Gasteiger partial charge on any atom is 0.130 e. The van der Waals surface area contributed by atoms with Crippen LogP contribution in [0.15, 0.2) is 254 Å². The number of thioether (sulfide) groups is 2. The Balaban J connectivity index is 0.000000291. The summed E-state index contributed by atoms with van der Waals surface area (Å²) in [4.78, 5) is 17.3. The van der Waals surface area contributed by atoms with Gasteiger partial charge in [0.05, 0.1) is 56.4 Å². The predicted octanol–water partition coefficient (Wildman–Crippen LogP) is 24.5. The number of rotatable bonds is 5. The average Bonchev–Trinajstić information content (AvgIpc) is 0.773. The van der Waals surface area contributed by atoms with E-state index in [1.165, 1.54) is 62.8 Å². The van der Waals surface area contributed by atoms with Crippen LogP contribution < -0.4 is 28.4 Å². The van der Waals surface area contributed by atoms with Crippen molar-refractivity contribution in [3.05, 3.63) is 306 Å². The third kappa shape index (κ3) is 37.9. The summed E-state index contributed by atoms with van der Waals surface area (Å²) in [6.07, 6.45) is 14.2. The third-order valence-electron chi connectivity index (χ3n) is 23.5. The van der Waals surface area contributed by atoms with Crippen molar-refractivity contribution >= 4 is 306 Å². The number of ether oxygens (including phenoxy) is 10. The van der Waals surface area contributed by atoms with E-state index in [0.29, 0.717) is 88.9 Å². The van der Waals surface area contributed by atoms with Gasteiger partial charge in [-0.1, -0.05) is 116 Å². The third-order valence-corrected chi connectivity index (χ3v) is 36.4. The number of para-hydroxylation sites is 2. The zero-order valence-electron chi connectivity index (χ0n) is 82.4. The molecule has 828 valence electrons. The van der Waals surface area contributed by atoms with Crippen molar-refractivity contribution in [1.82, 2.24) is 0 Å². The van der Waals surface area contributed by atoms with E-state index in [1.54, 1.807) is 74.1 Å². The fourth-order valence-corrected chi connectivity index (χ4v) is 24.3. The topological polar surface area (TPSA) is 133 Å². The van der Waals surface area contributed by atoms with Crippen molar-refractivity contribution in [2.24, 2.45) is 0 Å². The molecular formula is C108H108F2Ni5O12S22-20. The molecule has 20 rings (SSSR count). The Morgan fingerprint density at radius 3 is 1.15 bits per heavy atom. The molecule has 2 N–H and O–H groups in total. The van der Waals surface area contributed by atoms with Crippen LogP contribution in [0.25, 0.3) is 29.4 Å². The first kappa shape index (κ1) is 137. The summed E-state index contributed by atoms with van der Waals surface area (Å²) in [6.45, 7) is 18.8. The SMILES string of the molecule is CC1(C)CC([S-])=C([S-])C(C)(C)O1.CC1(C)CC([S-])=C([S-])C(C)(C)O1.COc1cc(CO)c2c(c1)OC(c1ccccc1)C([S-])=C2[S-].COc1cc(CO)cc2c1C([S-])=C([S-])CO2.Fc1ccc2c(c1)C([S-])=C([S-])CS2.Fc1ccc2c(c1)C([S-])=C([S-])CS2.[Ni].[Ni].[Ni].[Ni].[Ni].[S-]C1=C([S-])C2(CCCCC2)Oc2ccccc21.[S-]C1=C([S-])C2(CCCCC2)Oc2ccccc21.[S-]C1=C([S-])COCC1.[S-]C1=C([S-])COCC1.c1ccccc1. The second kappa shape index (κ2) is 64.0. The molecule has 1 unspecified atom stereocenters. The summed E-state index contributed by atoms with van der Waals surface area (Å²) in [5.41, 5.74) is 5.65. The van der Waals surface area contributed by atoms with Gasteiger partial charge in [0.15, 0.2) is 0 Å². The van der Waals surface area contributed by atoms with Gasteiger partial charge >= 0.3 is 0 Å². The average molecular weight is 2630 g/mol. The summed E-state index contributed by atoms with van der Waals surface area (Å²) in [7, 11) is 3.13. The first-order valence-corrected chi connectivity index (χ1v) is 56.1. The molecule has 0 radical (unpaired) electrons. The van der Waals surface area contributed by atoms with Crippen LogP contribution in [0.5, 0.6) is 34.5 Å². The van der Waals surface area contributed by atoms with E-state index < -0.39 is 6.10 Å². The van der Waals surface area contributed by atoms with Gasteiger partial charge < -0.3 is 310 Å². The Labute approximate surface area is 1050 Å². The molecule has 41 heteroatoms. The van der Waals surface area contributed by atoms with Crippen LogP contribution >= 0.6 is 23.5 Å². The monoisotopic (exact) mass is 2630 g/mol. The predicted molar refractivity (Wildman–Crippen MR) is 635 cm³/mol. The van der Waals surface area contributed by atoms with E-state index in [4.69, 9.17) is 305 Å². The standard InChI is InChI=1S/C17H16O3S2.2C14H16OS2.C11H12O3S2.2C9H7FS3.2C9H16OS2.C6H6.2C5H8OS2.5Ni/c1-19-12-7-11(9-18)14-13(8-12)20-15(17(22)16(14)21)10-5-3-2-4-6-10;2*16-12-10-6-2-3-7-11(10)15-14(13(12)17)8-4-1-5-9-14;1-13-7-2-6(4-12)3-8-10(7)11(16)9(15)5-14-8;2*10-5-1-2-8-6(3-5)9(12)7(11)4-13-8;2*1-8(2)5-6(11)7(12)9(3,4)10-8;1-2-4-6-5-3-1;2*7-4-1-2-6-3-5(4)8;;;;;/h2-8,15,18,21-22H,9H2,1H3;2*2-3,6-7,16-17H,1,4-5,8-9H2;2-3,12,15-16H,4-5H2,1H3;2*1-3,11-12H,4H2;2*11-12H,5H2,1-4H3;1-6H;2*7-8H,1-3H2;;;;;/p-20. The summed E-state index contributed by atoms with van der Waals surface area (Å²) in [5.74, 6) is 5.22. The maximum absolute atomic E-state index is 12.9. The number of methoxy groups -OCH3 is 2. The van der Waals surface area contributed by atoms with E-state index >= 15 is 0 Å². The van der Waals surface area contributed by atoms with Crippen LogP contribution in [0.3, 0.4) is 0 Å². The number of hydrogen-bond donors (Lipinski definition) is 2. The fourth-order valence-electron chi connectivity index (χ4n) is 16.6. The van der Waals surface area contributed by atoms with Crippen LogP contribution in [-0.2, 0) is 367 Å². The summed E-state index contributed by atoms with van der Waals surface area (Å²) < 4.78 is 81.9. The largest absolute Gasteiger partial charge is 0.785 e. The van der Waals surface area contributed by atoms with E-state index in [9.17, 15) is 13.9 Å². The Morgan fingerprint density at radius 2 is 0.779 bits per heavy atom. The minimum atomic E-state index is -0.394. The van der Waals surface area contributed by atoms with Gasteiger partial charge in [0.1, 0.15) is 63.4 Å². The van der Waals surface area contributed by atoms with Crippen LogP contribution in [-0.4, -0.2) is 103 Å². The molecule has 8 aromatic rings. The normalized spacial score (nSPS) is 18.9. The quantitative estimate of drug-likeness (QED) is 0.125. The Kier molecular flexibility index (Phi) is 58.6. The van der Waals surface area contributed by atoms with Crippen LogP contribution in [0, 0.1) is 11.6 Å². The fraction of sp³-hybridized carbons (Fsp3) is 0.370. The molecule has 10 heterocycles. The van der Waals surface area contributed by atoms with Gasteiger partial charge in [-0.25, -0.2) is 38.2 Å². The molecule has 8 aromatic carbocycles. The molecular weight excluding hydrogens is 2530 g/mol. The van der Waals surface area contributed by atoms with Gasteiger partial charge in [0.2, 0.25) is 0 Å². The van der Waals surface area contributed by atoms with Crippen molar-refractivity contribution in [3.8, 4) is 34.5 Å². The second-order valence-electron chi connectivity index (χ2n) is 36.3. The Morgan fingerprint density at radius 1 is 0.369 bits per heavy atom. The van der Waals surface area contributed by atoms with Crippen molar-refractivity contribution in [2.75, 3.05) is 58.8 Å². The van der Waals surface area contributed by atoms with Gasteiger partial charge in [-0.2, -0.15) is 68.7 Å². The van der Waals surface area contributed by atoms with Gasteiger partial charge in [0.25, 0.3) is 0 Å². The van der Waals surface area contributed by atoms with Crippen molar-refractivity contribution in [2.45, 2.75) is 208 Å². The Bertz CT molecular complexity index is 5870. The maximum atomic E-state index is 12.9. The number of halogens is 2. The molecule has 10 aliphatic heterocycles. The van der Waals surface area contributed by atoms with Crippen molar-refractivity contribution in [1.29, 1.82) is 0 Å². The summed E-state index contributed by atoms with van der Waals surface area (Å²) in [6, 6.07) is 54.0. The smallest absolute Gasteiger partial charge is 0.130 e. The van der Waals surface area contributed by atoms with Crippen LogP contribution in [0.4, 0.5) is 8.78 Å². The first-order chi connectivity index (χ1) is 68.2. The van der Waals surface area contributed by atoms with E-state index in [0.717, 1.165) is 199 Å². The molecule has 2 fully saturated rings. The van der Waals surface area contributed by atoms with Gasteiger partial charge in [0, 0.05) is 136 Å². The van der Waals surface area contributed by atoms with Gasteiger partial charge in [-0.15, -0.1) is 23.5 Å². The van der Waals surface area contributed by atoms with E-state index in [-0.39, 0.29) is 141 Å². The zero-order valence-corrected chi connectivity index (χ0v) is 105. The van der Waals surface area contributed by atoms with Gasteiger partial charge in [-0.3, -0.25) is 0 Å². The van der Waals surface area contributed by atoms with Crippen LogP contribution in [0.2, 0.25) is 0 Å². The molecule has 12 aliphatic rings. The minimum Gasteiger partial charge on any atom is -0.785 e. The number of hydrogen-bond acceptors (Lipinski definition) is 34. The van der Waals surface area contributed by atoms with Crippen molar-refractivity contribution in [3.63, 3.8) is 0 Å². The number of aliphatic hydroxyl groups excluding tert-OH is 2.